The number of anilines is 3. The lowest BCUT2D eigenvalue weighted by molar-refractivity contribution is -0.116. The number of nitrogens with zero attached hydrogens (tertiary/aromatic N) is 1. The first-order chi connectivity index (χ1) is 18.6. The summed E-state index contributed by atoms with van der Waals surface area (Å²) < 4.78 is 16.3. The van der Waals surface area contributed by atoms with Crippen LogP contribution in [-0.2, 0) is 35.0 Å². The third-order valence-electron chi connectivity index (χ3n) is 6.85. The van der Waals surface area contributed by atoms with E-state index in [0.717, 1.165) is 41.0 Å². The van der Waals surface area contributed by atoms with Crippen molar-refractivity contribution in [2.45, 2.75) is 50.0 Å². The molecule has 7 heteroatoms. The van der Waals surface area contributed by atoms with Crippen LogP contribution in [0.5, 0.6) is 0 Å². The second kappa shape index (κ2) is 12.2. The van der Waals surface area contributed by atoms with Crippen LogP contribution in [0.1, 0.15) is 48.1 Å². The summed E-state index contributed by atoms with van der Waals surface area (Å²) in [5, 5.41) is 6.37. The van der Waals surface area contributed by atoms with Crippen LogP contribution in [0.25, 0.3) is 0 Å². The van der Waals surface area contributed by atoms with E-state index in [-0.39, 0.29) is 11.9 Å². The first-order valence-corrected chi connectivity index (χ1v) is 14.2. The number of nitrogens with one attached hydrogen (secondary N) is 3. The number of pyridine rings is 1. The number of aromatic nitrogens is 1. The Hall–Kier alpha value is -3.81. The van der Waals surface area contributed by atoms with Crippen LogP contribution < -0.4 is 15.4 Å². The van der Waals surface area contributed by atoms with E-state index in [9.17, 15) is 9.00 Å². The monoisotopic (exact) mass is 524 g/mol. The predicted octanol–water partition coefficient (Wildman–Crippen LogP) is 6.26. The number of rotatable bonds is 10. The van der Waals surface area contributed by atoms with Crippen molar-refractivity contribution in [2.75, 3.05) is 10.6 Å². The topological polar surface area (TPSA) is 83.1 Å². The Bertz CT molecular complexity index is 1420. The highest BCUT2D eigenvalue weighted by Crippen LogP contribution is 2.35. The molecule has 2 atom stereocenters. The molecule has 1 aromatic heterocycles. The van der Waals surface area contributed by atoms with Crippen molar-refractivity contribution in [3.63, 3.8) is 0 Å². The molecule has 1 amide bonds. The summed E-state index contributed by atoms with van der Waals surface area (Å²) in [6, 6.07) is 27.8. The summed E-state index contributed by atoms with van der Waals surface area (Å²) >= 11 is 0. The zero-order valence-corrected chi connectivity index (χ0v) is 22.3. The molecule has 3 N–H and O–H groups in total. The molecular weight excluding hydrogens is 492 g/mol. The van der Waals surface area contributed by atoms with E-state index in [0.29, 0.717) is 24.3 Å². The molecule has 4 aromatic rings. The number of fused-ring (bicyclic) bond motifs is 1. The van der Waals surface area contributed by atoms with Gasteiger partial charge in [0.05, 0.1) is 10.6 Å². The van der Waals surface area contributed by atoms with Crippen LogP contribution in [-0.4, -0.2) is 15.1 Å². The van der Waals surface area contributed by atoms with Gasteiger partial charge in [0.15, 0.2) is 5.82 Å². The Labute approximate surface area is 226 Å². The normalized spacial score (nSPS) is 15.0. The quantitative estimate of drug-likeness (QED) is 0.229. The number of amides is 1. The van der Waals surface area contributed by atoms with Crippen molar-refractivity contribution in [1.29, 1.82) is 0 Å². The summed E-state index contributed by atoms with van der Waals surface area (Å²) in [5.41, 5.74) is 6.26. The van der Waals surface area contributed by atoms with Crippen molar-refractivity contribution in [2.24, 2.45) is 0 Å². The highest BCUT2D eigenvalue weighted by molar-refractivity contribution is 7.83. The Kier molecular flexibility index (Phi) is 8.26. The molecule has 0 saturated carbocycles. The molecule has 2 unspecified atom stereocenters. The number of aryl methyl sites for hydroxylation is 3. The zero-order valence-electron chi connectivity index (χ0n) is 21.4. The molecule has 38 heavy (non-hydrogen) atoms. The maximum Gasteiger partial charge on any atom is 0.224 e. The van der Waals surface area contributed by atoms with E-state index in [1.807, 2.05) is 72.8 Å². The minimum atomic E-state index is -1.29. The standard InChI is InChI=1S/C31H32N4O2S/c1-2-22-10-16-26(17-11-22)38(37)35-28-18-14-24-13-15-25(21-27(24)28)33-31-29(9-6-20-32-31)34-30(36)19-12-23-7-4-3-5-8-23/h3-11,13,15-17,20-21,28,35H,2,12,14,18-19H2,1H3,(H,32,33)(H,34,36). The van der Waals surface area contributed by atoms with Crippen LogP contribution in [0, 0.1) is 0 Å². The van der Waals surface area contributed by atoms with Gasteiger partial charge in [0, 0.05) is 24.3 Å². The summed E-state index contributed by atoms with van der Waals surface area (Å²) in [4.78, 5) is 17.9. The minimum absolute atomic E-state index is 0.000623. The Morgan fingerprint density at radius 1 is 0.974 bits per heavy atom. The Morgan fingerprint density at radius 3 is 2.58 bits per heavy atom. The third kappa shape index (κ3) is 6.36. The molecule has 1 aliphatic carbocycles. The summed E-state index contributed by atoms with van der Waals surface area (Å²) in [7, 11) is -1.29. The van der Waals surface area contributed by atoms with Crippen molar-refractivity contribution in [3.8, 4) is 0 Å². The lowest BCUT2D eigenvalue weighted by Crippen LogP contribution is -2.22. The lowest BCUT2D eigenvalue weighted by atomic mass is 10.1. The van der Waals surface area contributed by atoms with Gasteiger partial charge in [-0.1, -0.05) is 55.5 Å². The summed E-state index contributed by atoms with van der Waals surface area (Å²) in [5.74, 6) is 0.528. The van der Waals surface area contributed by atoms with Gasteiger partial charge in [-0.25, -0.2) is 13.9 Å². The molecule has 0 aliphatic heterocycles. The highest BCUT2D eigenvalue weighted by atomic mass is 32.2. The van der Waals surface area contributed by atoms with Gasteiger partial charge in [-0.3, -0.25) is 4.79 Å². The molecule has 0 bridgehead atoms. The van der Waals surface area contributed by atoms with Crippen LogP contribution in [0.4, 0.5) is 17.2 Å². The molecule has 3 aromatic carbocycles. The van der Waals surface area contributed by atoms with Crippen molar-refractivity contribution >= 4 is 34.1 Å². The van der Waals surface area contributed by atoms with Gasteiger partial charge < -0.3 is 10.6 Å². The average molecular weight is 525 g/mol. The lowest BCUT2D eigenvalue weighted by Gasteiger charge is -2.16. The number of benzene rings is 3. The van der Waals surface area contributed by atoms with Crippen LogP contribution in [0.3, 0.4) is 0 Å². The Morgan fingerprint density at radius 2 is 1.79 bits per heavy atom. The fourth-order valence-corrected chi connectivity index (χ4v) is 5.73. The first-order valence-electron chi connectivity index (χ1n) is 13.0. The van der Waals surface area contributed by atoms with E-state index in [1.54, 1.807) is 6.20 Å². The van der Waals surface area contributed by atoms with E-state index in [4.69, 9.17) is 0 Å². The minimum Gasteiger partial charge on any atom is -0.338 e. The molecule has 1 heterocycles. The van der Waals surface area contributed by atoms with Gasteiger partial charge in [0.25, 0.3) is 0 Å². The van der Waals surface area contributed by atoms with E-state index in [1.165, 1.54) is 11.1 Å². The SMILES string of the molecule is CCc1ccc(S(=O)NC2CCc3ccc(Nc4ncccc4NC(=O)CCc4ccccc4)cc32)cc1. The second-order valence-corrected chi connectivity index (χ2v) is 10.7. The molecular formula is C31H32N4O2S. The van der Waals surface area contributed by atoms with E-state index >= 15 is 0 Å². The third-order valence-corrected chi connectivity index (χ3v) is 8.05. The van der Waals surface area contributed by atoms with Crippen LogP contribution in [0.15, 0.2) is 96.0 Å². The van der Waals surface area contributed by atoms with Gasteiger partial charge in [-0.05, 0) is 84.3 Å². The molecule has 0 saturated heterocycles. The molecule has 0 spiro atoms. The van der Waals surface area contributed by atoms with Crippen molar-refractivity contribution < 1.29 is 9.00 Å². The van der Waals surface area contributed by atoms with Gasteiger partial charge >= 0.3 is 0 Å². The number of carbonyl (C=O) groups excluding carboxylic acids is 1. The predicted molar refractivity (Wildman–Crippen MR) is 154 cm³/mol. The van der Waals surface area contributed by atoms with Gasteiger partial charge in [0.2, 0.25) is 5.91 Å². The van der Waals surface area contributed by atoms with Crippen LogP contribution in [0.2, 0.25) is 0 Å². The average Bonchev–Trinajstić information content (AvgIpc) is 3.35. The Balaban J connectivity index is 1.25. The van der Waals surface area contributed by atoms with Crippen molar-refractivity contribution in [3.05, 3.63) is 113 Å². The smallest absolute Gasteiger partial charge is 0.224 e. The summed E-state index contributed by atoms with van der Waals surface area (Å²) in [6.45, 7) is 2.11. The molecule has 194 valence electrons. The van der Waals surface area contributed by atoms with Gasteiger partial charge in [0.1, 0.15) is 11.0 Å². The molecule has 0 fully saturated rings. The molecule has 1 aliphatic rings. The van der Waals surface area contributed by atoms with E-state index in [2.05, 4.69) is 39.4 Å². The molecule has 0 radical (unpaired) electrons. The fraction of sp³-hybridized carbons (Fsp3) is 0.226. The zero-order chi connectivity index (χ0) is 26.3. The van der Waals surface area contributed by atoms with Gasteiger partial charge in [-0.2, -0.15) is 0 Å². The maximum absolute atomic E-state index is 13.0. The second-order valence-electron chi connectivity index (χ2n) is 9.45. The first kappa shape index (κ1) is 25.8. The number of carbonyl (C=O) groups is 1. The maximum atomic E-state index is 13.0. The highest BCUT2D eigenvalue weighted by Gasteiger charge is 2.25. The van der Waals surface area contributed by atoms with Crippen molar-refractivity contribution in [1.82, 2.24) is 9.71 Å². The van der Waals surface area contributed by atoms with Gasteiger partial charge in [-0.15, -0.1) is 0 Å². The largest absolute Gasteiger partial charge is 0.338 e. The van der Waals surface area contributed by atoms with Crippen LogP contribution >= 0.6 is 0 Å². The molecule has 5 rings (SSSR count). The molecule has 6 nitrogen and oxygen atoms in total. The summed E-state index contributed by atoms with van der Waals surface area (Å²) in [6.07, 6.45) is 5.56. The fourth-order valence-electron chi connectivity index (χ4n) is 4.71. The van der Waals surface area contributed by atoms with E-state index < -0.39 is 11.0 Å². The number of hydrogen-bond acceptors (Lipinski definition) is 4. The number of hydrogen-bond donors (Lipinski definition) is 3.